The van der Waals surface area contributed by atoms with Gasteiger partial charge in [0.2, 0.25) is 0 Å². The lowest BCUT2D eigenvalue weighted by molar-refractivity contribution is -0.144. The first-order valence-corrected chi connectivity index (χ1v) is 6.34. The summed E-state index contributed by atoms with van der Waals surface area (Å²) in [7, 11) is 0. The zero-order valence-corrected chi connectivity index (χ0v) is 11.5. The summed E-state index contributed by atoms with van der Waals surface area (Å²) in [6.45, 7) is 7.38. The fourth-order valence-corrected chi connectivity index (χ4v) is 2.00. The van der Waals surface area contributed by atoms with Crippen molar-refractivity contribution in [3.05, 3.63) is 12.0 Å². The van der Waals surface area contributed by atoms with E-state index in [9.17, 15) is 0 Å². The quantitative estimate of drug-likeness (QED) is 0.787. The summed E-state index contributed by atoms with van der Waals surface area (Å²) in [5.74, 6) is 0.443. The molecule has 7 heteroatoms. The average molecular weight is 265 g/mol. The zero-order valence-electron chi connectivity index (χ0n) is 11.5. The van der Waals surface area contributed by atoms with Crippen molar-refractivity contribution in [2.45, 2.75) is 33.6 Å². The second-order valence-corrected chi connectivity index (χ2v) is 4.07. The highest BCUT2D eigenvalue weighted by molar-refractivity contribution is 5.87. The van der Waals surface area contributed by atoms with E-state index in [2.05, 4.69) is 15.1 Å². The van der Waals surface area contributed by atoms with Crippen LogP contribution in [-0.4, -0.2) is 39.3 Å². The van der Waals surface area contributed by atoms with Gasteiger partial charge in [0.15, 0.2) is 11.9 Å². The highest BCUT2D eigenvalue weighted by Gasteiger charge is 2.16. The van der Waals surface area contributed by atoms with Crippen LogP contribution in [0, 0.1) is 6.92 Å². The summed E-state index contributed by atoms with van der Waals surface area (Å²) in [5, 5.41) is 5.22. The maximum Gasteiger partial charge on any atom is 0.177 e. The van der Waals surface area contributed by atoms with Crippen LogP contribution >= 0.6 is 0 Å². The number of ether oxygens (including phenoxy) is 2. The fraction of sp³-hybridized carbons (Fsp3) is 0.583. The Labute approximate surface area is 111 Å². The van der Waals surface area contributed by atoms with Gasteiger partial charge in [-0.2, -0.15) is 5.10 Å². The number of aromatic nitrogens is 4. The van der Waals surface area contributed by atoms with Crippen molar-refractivity contribution in [1.29, 1.82) is 0 Å². The first-order valence-electron chi connectivity index (χ1n) is 6.34. The summed E-state index contributed by atoms with van der Waals surface area (Å²) < 4.78 is 12.8. The van der Waals surface area contributed by atoms with Crippen molar-refractivity contribution >= 4 is 16.9 Å². The lowest BCUT2D eigenvalue weighted by Crippen LogP contribution is -2.24. The maximum absolute atomic E-state index is 5.85. The molecule has 0 fully saturated rings. The smallest absolute Gasteiger partial charge is 0.177 e. The third-order valence-electron chi connectivity index (χ3n) is 2.76. The van der Waals surface area contributed by atoms with Crippen LogP contribution in [0.4, 0.5) is 5.82 Å². The van der Waals surface area contributed by atoms with Crippen LogP contribution in [0.3, 0.4) is 0 Å². The number of fused-ring (bicyclic) bond motifs is 1. The van der Waals surface area contributed by atoms with E-state index < -0.39 is 0 Å². The van der Waals surface area contributed by atoms with Gasteiger partial charge in [0.05, 0.1) is 17.6 Å². The highest BCUT2D eigenvalue weighted by atomic mass is 16.7. The Morgan fingerprint density at radius 3 is 2.58 bits per heavy atom. The topological polar surface area (TPSA) is 88.1 Å². The molecule has 2 aromatic rings. The number of aryl methyl sites for hydroxylation is 1. The molecule has 19 heavy (non-hydrogen) atoms. The molecule has 0 radical (unpaired) electrons. The van der Waals surface area contributed by atoms with Gasteiger partial charge in [0.25, 0.3) is 0 Å². The minimum atomic E-state index is -0.339. The van der Waals surface area contributed by atoms with Gasteiger partial charge in [-0.1, -0.05) is 0 Å². The van der Waals surface area contributed by atoms with Crippen LogP contribution in [0.25, 0.3) is 11.0 Å². The monoisotopic (exact) mass is 265 g/mol. The number of rotatable bonds is 6. The summed E-state index contributed by atoms with van der Waals surface area (Å²) in [4.78, 5) is 8.22. The molecular weight excluding hydrogens is 246 g/mol. The van der Waals surface area contributed by atoms with Crippen molar-refractivity contribution in [1.82, 2.24) is 19.7 Å². The molecule has 0 atom stereocenters. The first kappa shape index (κ1) is 13.7. The van der Waals surface area contributed by atoms with Gasteiger partial charge in [-0.25, -0.2) is 14.6 Å². The van der Waals surface area contributed by atoms with E-state index in [1.165, 1.54) is 6.33 Å². The Balaban J connectivity index is 2.32. The Hall–Kier alpha value is -1.73. The molecule has 0 unspecified atom stereocenters. The molecule has 7 nitrogen and oxygen atoms in total. The van der Waals surface area contributed by atoms with Crippen molar-refractivity contribution in [3.63, 3.8) is 0 Å². The molecular formula is C12H19N5O2. The van der Waals surface area contributed by atoms with Gasteiger partial charge in [-0.15, -0.1) is 0 Å². The Morgan fingerprint density at radius 1 is 1.26 bits per heavy atom. The first-order chi connectivity index (χ1) is 9.17. The van der Waals surface area contributed by atoms with Gasteiger partial charge >= 0.3 is 0 Å². The molecule has 0 aromatic carbocycles. The Morgan fingerprint density at radius 2 is 1.95 bits per heavy atom. The van der Waals surface area contributed by atoms with Crippen molar-refractivity contribution < 1.29 is 9.47 Å². The summed E-state index contributed by atoms with van der Waals surface area (Å²) in [5.41, 5.74) is 7.36. The van der Waals surface area contributed by atoms with Gasteiger partial charge in [-0.3, -0.25) is 0 Å². The van der Waals surface area contributed by atoms with Crippen LogP contribution in [0.15, 0.2) is 6.33 Å². The third-order valence-corrected chi connectivity index (χ3v) is 2.76. The van der Waals surface area contributed by atoms with E-state index in [4.69, 9.17) is 15.2 Å². The molecule has 0 spiro atoms. The van der Waals surface area contributed by atoms with E-state index in [-0.39, 0.29) is 6.29 Å². The predicted octanol–water partition coefficient (Wildman–Crippen LogP) is 1.12. The largest absolute Gasteiger partial charge is 0.383 e. The van der Waals surface area contributed by atoms with E-state index in [1.54, 1.807) is 4.68 Å². The molecule has 0 aliphatic rings. The Kier molecular flexibility index (Phi) is 4.28. The van der Waals surface area contributed by atoms with Crippen LogP contribution in [0.5, 0.6) is 0 Å². The van der Waals surface area contributed by atoms with Gasteiger partial charge in [0, 0.05) is 13.2 Å². The Bertz CT molecular complexity index is 548. The zero-order chi connectivity index (χ0) is 13.8. The number of nitrogens with zero attached hydrogens (tertiary/aromatic N) is 4. The summed E-state index contributed by atoms with van der Waals surface area (Å²) >= 11 is 0. The van der Waals surface area contributed by atoms with Gasteiger partial charge in [0.1, 0.15) is 12.1 Å². The van der Waals surface area contributed by atoms with Gasteiger partial charge in [-0.05, 0) is 20.8 Å². The summed E-state index contributed by atoms with van der Waals surface area (Å²) in [6.07, 6.45) is 1.10. The minimum Gasteiger partial charge on any atom is -0.383 e. The number of hydrogen-bond donors (Lipinski definition) is 1. The molecule has 2 rings (SSSR count). The molecule has 2 aromatic heterocycles. The minimum absolute atomic E-state index is 0.339. The molecule has 0 bridgehead atoms. The van der Waals surface area contributed by atoms with E-state index >= 15 is 0 Å². The molecule has 0 amide bonds. The van der Waals surface area contributed by atoms with Crippen LogP contribution in [0.2, 0.25) is 0 Å². The van der Waals surface area contributed by atoms with Crippen molar-refractivity contribution in [2.75, 3.05) is 18.9 Å². The number of nitrogens with two attached hydrogens (primary N) is 1. The normalized spacial score (nSPS) is 11.6. The molecule has 104 valence electrons. The van der Waals surface area contributed by atoms with E-state index in [1.807, 2.05) is 20.8 Å². The lowest BCUT2D eigenvalue weighted by Gasteiger charge is -2.16. The fourth-order valence-electron chi connectivity index (χ4n) is 2.00. The summed E-state index contributed by atoms with van der Waals surface area (Å²) in [6, 6.07) is 0. The SMILES string of the molecule is CCOC(Cn1nc(C)c2c(N)ncnc21)OCC. The van der Waals surface area contributed by atoms with Crippen molar-refractivity contribution in [3.8, 4) is 0 Å². The number of nitrogen functional groups attached to an aromatic ring is 1. The maximum atomic E-state index is 5.85. The van der Waals surface area contributed by atoms with E-state index in [0.29, 0.717) is 31.2 Å². The number of anilines is 1. The number of hydrogen-bond acceptors (Lipinski definition) is 6. The lowest BCUT2D eigenvalue weighted by atomic mass is 10.3. The average Bonchev–Trinajstić information content (AvgIpc) is 2.68. The highest BCUT2D eigenvalue weighted by Crippen LogP contribution is 2.20. The van der Waals surface area contributed by atoms with Gasteiger partial charge < -0.3 is 15.2 Å². The molecule has 0 aliphatic heterocycles. The third kappa shape index (κ3) is 2.82. The predicted molar refractivity (Wildman–Crippen MR) is 71.5 cm³/mol. The molecule has 0 saturated heterocycles. The van der Waals surface area contributed by atoms with Crippen LogP contribution < -0.4 is 5.73 Å². The molecule has 2 heterocycles. The molecule has 2 N–H and O–H groups in total. The standard InChI is InChI=1S/C12H19N5O2/c1-4-18-9(19-5-2)6-17-12-10(8(3)16-17)11(13)14-7-15-12/h7,9H,4-6H2,1-3H3,(H2,13,14,15). The van der Waals surface area contributed by atoms with Crippen molar-refractivity contribution in [2.24, 2.45) is 0 Å². The van der Waals surface area contributed by atoms with E-state index in [0.717, 1.165) is 11.1 Å². The molecule has 0 aliphatic carbocycles. The second kappa shape index (κ2) is 5.94. The van der Waals surface area contributed by atoms with Crippen LogP contribution in [-0.2, 0) is 16.0 Å². The second-order valence-electron chi connectivity index (χ2n) is 4.07. The molecule has 0 saturated carbocycles. The van der Waals surface area contributed by atoms with Crippen LogP contribution in [0.1, 0.15) is 19.5 Å².